The highest BCUT2D eigenvalue weighted by Gasteiger charge is 2.53. The number of methoxy groups -OCH3 is 1. The summed E-state index contributed by atoms with van der Waals surface area (Å²) in [6, 6.07) is 0.811. The first-order valence-corrected chi connectivity index (χ1v) is 14.2. The normalized spacial score (nSPS) is 28.9. The molecule has 0 aliphatic carbocycles. The van der Waals surface area contributed by atoms with Crippen molar-refractivity contribution in [1.82, 2.24) is 20.2 Å². The van der Waals surface area contributed by atoms with E-state index in [1.165, 1.54) is 24.3 Å². The molecular formula is C25H31F3N4O6S. The van der Waals surface area contributed by atoms with Crippen molar-refractivity contribution < 1.29 is 42.5 Å². The molecule has 0 spiro atoms. The third-order valence-corrected chi connectivity index (χ3v) is 11.3. The van der Waals surface area contributed by atoms with Crippen molar-refractivity contribution in [2.24, 2.45) is 0 Å². The molecule has 6 atom stereocenters. The monoisotopic (exact) mass is 572 g/mol. The van der Waals surface area contributed by atoms with Gasteiger partial charge < -0.3 is 29.3 Å². The Morgan fingerprint density at radius 2 is 1.92 bits per heavy atom. The standard InChI is InChI=1S/C25H31F3N4O6S/c1-13-11-38-30-21(13)24(25(35)3-5-37-6-4-25)39-12-18(36-2)22(23(34)19(39)10-33)32-9-17(29-31-32)14-7-15(26)20(28)16(27)8-14/h7-9,11,18-19,22-24,33-35,39H,3-6,10,12H2,1-2H3/t18-,19+,22+,23-,24+/m0/s1. The smallest absolute Gasteiger partial charge is 0.194 e. The Bertz CT molecular complexity index is 1280. The molecule has 10 nitrogen and oxygen atoms in total. The number of hydrogen-bond donors (Lipinski definition) is 4. The lowest BCUT2D eigenvalue weighted by Gasteiger charge is -2.52. The Labute approximate surface area is 225 Å². The number of ether oxygens (including phenoxy) is 2. The lowest BCUT2D eigenvalue weighted by atomic mass is 9.88. The van der Waals surface area contributed by atoms with Gasteiger partial charge in [-0.3, -0.25) is 0 Å². The molecule has 2 fully saturated rings. The van der Waals surface area contributed by atoms with Crippen molar-refractivity contribution >= 4 is 10.9 Å². The lowest BCUT2D eigenvalue weighted by Crippen LogP contribution is -2.54. The fraction of sp³-hybridized carbons (Fsp3) is 0.560. The number of thiol groups is 1. The van der Waals surface area contributed by atoms with Crippen LogP contribution < -0.4 is 0 Å². The highest BCUT2D eigenvalue weighted by molar-refractivity contribution is 8.18. The third kappa shape index (κ3) is 5.09. The van der Waals surface area contributed by atoms with Gasteiger partial charge in [0.25, 0.3) is 0 Å². The predicted molar refractivity (Wildman–Crippen MR) is 135 cm³/mol. The van der Waals surface area contributed by atoms with Gasteiger partial charge in [0.1, 0.15) is 23.7 Å². The first-order chi connectivity index (χ1) is 18.7. The Balaban J connectivity index is 1.50. The molecule has 39 heavy (non-hydrogen) atoms. The van der Waals surface area contributed by atoms with Gasteiger partial charge in [-0.25, -0.2) is 28.7 Å². The molecule has 0 saturated carbocycles. The van der Waals surface area contributed by atoms with Gasteiger partial charge in [0.2, 0.25) is 0 Å². The SMILES string of the molecule is CO[C@H]1C[SH]([C@H](c2nocc2C)C2(O)CCOCC2)[C@H](CO)[C@H](O)[C@@H]1n1cc(-c2cc(F)c(F)c(F)c2)nn1. The molecule has 4 heterocycles. The summed E-state index contributed by atoms with van der Waals surface area (Å²) < 4.78 is 58.9. The minimum absolute atomic E-state index is 0.0267. The second-order valence-corrected chi connectivity index (χ2v) is 12.6. The molecule has 14 heteroatoms. The Morgan fingerprint density at radius 3 is 2.51 bits per heavy atom. The molecule has 0 bridgehead atoms. The number of aryl methyl sites for hydroxylation is 1. The number of aromatic nitrogens is 4. The van der Waals surface area contributed by atoms with Gasteiger partial charge >= 0.3 is 0 Å². The van der Waals surface area contributed by atoms with E-state index in [0.29, 0.717) is 37.5 Å². The van der Waals surface area contributed by atoms with Gasteiger partial charge in [0.15, 0.2) is 17.5 Å². The van der Waals surface area contributed by atoms with E-state index in [1.54, 1.807) is 0 Å². The Morgan fingerprint density at radius 1 is 1.23 bits per heavy atom. The van der Waals surface area contributed by atoms with Gasteiger partial charge in [-0.2, -0.15) is 0 Å². The molecule has 5 rings (SSSR count). The summed E-state index contributed by atoms with van der Waals surface area (Å²) in [5, 5.41) is 45.1. The lowest BCUT2D eigenvalue weighted by molar-refractivity contribution is -0.0671. The van der Waals surface area contributed by atoms with Gasteiger partial charge in [0, 0.05) is 55.3 Å². The van der Waals surface area contributed by atoms with Crippen LogP contribution >= 0.6 is 10.9 Å². The highest BCUT2D eigenvalue weighted by atomic mass is 32.2. The summed E-state index contributed by atoms with van der Waals surface area (Å²) in [5.41, 5.74) is 0.176. The molecule has 0 radical (unpaired) electrons. The van der Waals surface area contributed by atoms with Crippen LogP contribution in [0.2, 0.25) is 0 Å². The maximum atomic E-state index is 13.8. The van der Waals surface area contributed by atoms with Crippen molar-refractivity contribution in [3.8, 4) is 11.3 Å². The maximum absolute atomic E-state index is 13.8. The molecule has 0 amide bonds. The molecule has 214 valence electrons. The van der Waals surface area contributed by atoms with E-state index in [1.807, 2.05) is 6.92 Å². The van der Waals surface area contributed by atoms with Crippen LogP contribution in [0, 0.1) is 24.4 Å². The fourth-order valence-corrected chi connectivity index (χ4v) is 9.55. The van der Waals surface area contributed by atoms with Crippen molar-refractivity contribution in [2.75, 3.05) is 32.7 Å². The maximum Gasteiger partial charge on any atom is 0.194 e. The molecule has 1 aromatic carbocycles. The molecule has 2 aromatic heterocycles. The van der Waals surface area contributed by atoms with Crippen LogP contribution in [-0.2, 0) is 9.47 Å². The number of benzene rings is 1. The summed E-state index contributed by atoms with van der Waals surface area (Å²) in [7, 11) is 0.142. The quantitative estimate of drug-likeness (QED) is 0.248. The van der Waals surface area contributed by atoms with E-state index >= 15 is 0 Å². The van der Waals surface area contributed by atoms with Crippen LogP contribution in [-0.4, -0.2) is 91.2 Å². The number of halogens is 3. The summed E-state index contributed by atoms with van der Waals surface area (Å²) in [5.74, 6) is -3.94. The summed E-state index contributed by atoms with van der Waals surface area (Å²) in [4.78, 5) is 0. The molecule has 1 unspecified atom stereocenters. The van der Waals surface area contributed by atoms with Crippen LogP contribution in [0.3, 0.4) is 0 Å². The van der Waals surface area contributed by atoms with Gasteiger partial charge in [0.05, 0.1) is 35.9 Å². The zero-order chi connectivity index (χ0) is 27.9. The van der Waals surface area contributed by atoms with Crippen LogP contribution in [0.5, 0.6) is 0 Å². The van der Waals surface area contributed by atoms with Crippen molar-refractivity contribution in [3.05, 3.63) is 53.3 Å². The van der Waals surface area contributed by atoms with Crippen LogP contribution in [0.4, 0.5) is 13.2 Å². The minimum atomic E-state index is -1.59. The molecular weight excluding hydrogens is 541 g/mol. The second-order valence-electron chi connectivity index (χ2n) is 10.0. The number of rotatable bonds is 7. The average molecular weight is 573 g/mol. The Hall–Kier alpha value is -2.49. The van der Waals surface area contributed by atoms with Gasteiger partial charge in [-0.15, -0.1) is 5.10 Å². The first kappa shape index (κ1) is 28.1. The summed E-state index contributed by atoms with van der Waals surface area (Å²) >= 11 is 0. The number of aliphatic hydroxyl groups excluding tert-OH is 2. The van der Waals surface area contributed by atoms with E-state index < -0.39 is 62.7 Å². The molecule has 2 aliphatic heterocycles. The van der Waals surface area contributed by atoms with E-state index in [2.05, 4.69) is 15.5 Å². The zero-order valence-electron chi connectivity index (χ0n) is 21.4. The molecule has 3 aromatic rings. The average Bonchev–Trinajstić information content (AvgIpc) is 3.57. The van der Waals surface area contributed by atoms with Crippen LogP contribution in [0.1, 0.15) is 35.4 Å². The predicted octanol–water partition coefficient (Wildman–Crippen LogP) is 2.23. The number of aliphatic hydroxyl groups is 3. The zero-order valence-corrected chi connectivity index (χ0v) is 22.3. The molecule has 3 N–H and O–H groups in total. The summed E-state index contributed by atoms with van der Waals surface area (Å²) in [6.45, 7) is 2.18. The van der Waals surface area contributed by atoms with E-state index in [9.17, 15) is 28.5 Å². The molecule has 2 saturated heterocycles. The van der Waals surface area contributed by atoms with E-state index in [4.69, 9.17) is 14.0 Å². The topological polar surface area (TPSA) is 136 Å². The van der Waals surface area contributed by atoms with Crippen LogP contribution in [0.15, 0.2) is 29.1 Å². The summed E-state index contributed by atoms with van der Waals surface area (Å²) in [6.07, 6.45) is 1.80. The molecule has 2 aliphatic rings. The van der Waals surface area contributed by atoms with Crippen molar-refractivity contribution in [1.29, 1.82) is 0 Å². The van der Waals surface area contributed by atoms with Gasteiger partial charge in [-0.1, -0.05) is 10.4 Å². The fourth-order valence-electron chi connectivity index (χ4n) is 5.68. The van der Waals surface area contributed by atoms with Crippen molar-refractivity contribution in [3.63, 3.8) is 0 Å². The van der Waals surface area contributed by atoms with E-state index in [-0.39, 0.29) is 17.9 Å². The highest BCUT2D eigenvalue weighted by Crippen LogP contribution is 2.59. The van der Waals surface area contributed by atoms with E-state index in [0.717, 1.165) is 17.7 Å². The second kappa shape index (κ2) is 11.2. The Kier molecular flexibility index (Phi) is 8.04. The third-order valence-electron chi connectivity index (χ3n) is 7.77. The first-order valence-electron chi connectivity index (χ1n) is 12.5. The minimum Gasteiger partial charge on any atom is -0.395 e. The largest absolute Gasteiger partial charge is 0.395 e. The van der Waals surface area contributed by atoms with Crippen LogP contribution in [0.25, 0.3) is 11.3 Å². The van der Waals surface area contributed by atoms with Crippen molar-refractivity contribution in [2.45, 2.75) is 54.1 Å². The number of hydrogen-bond acceptors (Lipinski definition) is 9. The number of nitrogens with zero attached hydrogens (tertiary/aromatic N) is 4. The van der Waals surface area contributed by atoms with Gasteiger partial charge in [-0.05, 0) is 19.1 Å².